The summed E-state index contributed by atoms with van der Waals surface area (Å²) in [4.78, 5) is 24.9. The van der Waals surface area contributed by atoms with Gasteiger partial charge in [0, 0.05) is 24.3 Å². The molecule has 2 atom stereocenters. The topological polar surface area (TPSA) is 72.7 Å². The highest BCUT2D eigenvalue weighted by molar-refractivity contribution is 5.95. The van der Waals surface area contributed by atoms with Crippen LogP contribution in [0.4, 0.5) is 11.4 Å². The van der Waals surface area contributed by atoms with Crippen molar-refractivity contribution in [2.75, 3.05) is 18.1 Å². The Kier molecular flexibility index (Phi) is 5.58. The highest BCUT2D eigenvalue weighted by atomic mass is 16.6. The van der Waals surface area contributed by atoms with Gasteiger partial charge < -0.3 is 9.64 Å². The van der Waals surface area contributed by atoms with Gasteiger partial charge in [0.2, 0.25) is 0 Å². The molecule has 1 aromatic carbocycles. The molecule has 0 N–H and O–H groups in total. The van der Waals surface area contributed by atoms with Crippen LogP contribution in [0, 0.1) is 16.0 Å². The summed E-state index contributed by atoms with van der Waals surface area (Å²) in [6, 6.07) is 5.08. The number of benzene rings is 1. The fraction of sp³-hybridized carbons (Fsp3) is 0.588. The van der Waals surface area contributed by atoms with Gasteiger partial charge in [-0.1, -0.05) is 13.3 Å². The molecule has 0 bridgehead atoms. The van der Waals surface area contributed by atoms with Crippen LogP contribution < -0.4 is 4.90 Å². The molecule has 0 spiro atoms. The number of piperidine rings is 1. The molecule has 23 heavy (non-hydrogen) atoms. The van der Waals surface area contributed by atoms with E-state index in [0.29, 0.717) is 6.04 Å². The molecule has 1 aliphatic heterocycles. The molecule has 0 aromatic heterocycles. The lowest BCUT2D eigenvalue weighted by atomic mass is 9.89. The molecular weight excluding hydrogens is 296 g/mol. The normalized spacial score (nSPS) is 21.1. The molecule has 1 saturated heterocycles. The average molecular weight is 320 g/mol. The van der Waals surface area contributed by atoms with Gasteiger partial charge >= 0.3 is 5.97 Å². The number of hydrogen-bond acceptors (Lipinski definition) is 5. The Balaban J connectivity index is 2.31. The molecular formula is C17H24N2O4. The van der Waals surface area contributed by atoms with Crippen molar-refractivity contribution in [1.29, 1.82) is 0 Å². The quantitative estimate of drug-likeness (QED) is 0.469. The van der Waals surface area contributed by atoms with E-state index in [1.165, 1.54) is 12.5 Å². The highest BCUT2D eigenvalue weighted by Crippen LogP contribution is 2.32. The highest BCUT2D eigenvalue weighted by Gasteiger charge is 2.28. The minimum Gasteiger partial charge on any atom is -0.462 e. The minimum absolute atomic E-state index is 0.0270. The van der Waals surface area contributed by atoms with E-state index < -0.39 is 10.9 Å². The maximum Gasteiger partial charge on any atom is 0.345 e. The monoisotopic (exact) mass is 320 g/mol. The molecule has 1 heterocycles. The molecule has 0 aliphatic carbocycles. The summed E-state index contributed by atoms with van der Waals surface area (Å²) in [7, 11) is 0. The SMILES string of the molecule is CCOC(=O)c1cc(N2CCC(CC)C[C@@H]2C)ccc1[N+](=O)[O-]. The lowest BCUT2D eigenvalue weighted by Crippen LogP contribution is -2.40. The number of esters is 1. The first-order valence-corrected chi connectivity index (χ1v) is 8.20. The number of rotatable bonds is 5. The van der Waals surface area contributed by atoms with Crippen LogP contribution in [-0.2, 0) is 4.74 Å². The largest absolute Gasteiger partial charge is 0.462 e. The Bertz CT molecular complexity index is 588. The molecule has 1 aromatic rings. The molecule has 0 saturated carbocycles. The number of carbonyl (C=O) groups excluding carboxylic acids is 1. The van der Waals surface area contributed by atoms with E-state index in [0.717, 1.165) is 31.0 Å². The third-order valence-electron chi connectivity index (χ3n) is 4.57. The lowest BCUT2D eigenvalue weighted by Gasteiger charge is -2.39. The van der Waals surface area contributed by atoms with Crippen LogP contribution in [0.2, 0.25) is 0 Å². The van der Waals surface area contributed by atoms with E-state index in [1.54, 1.807) is 19.1 Å². The zero-order valence-corrected chi connectivity index (χ0v) is 13.9. The lowest BCUT2D eigenvalue weighted by molar-refractivity contribution is -0.385. The van der Waals surface area contributed by atoms with Crippen molar-refractivity contribution in [3.8, 4) is 0 Å². The van der Waals surface area contributed by atoms with E-state index in [2.05, 4.69) is 18.7 Å². The number of carbonyl (C=O) groups is 1. The Morgan fingerprint density at radius 3 is 2.74 bits per heavy atom. The minimum atomic E-state index is -0.642. The smallest absolute Gasteiger partial charge is 0.345 e. The van der Waals surface area contributed by atoms with Crippen LogP contribution in [0.5, 0.6) is 0 Å². The van der Waals surface area contributed by atoms with Gasteiger partial charge in [-0.3, -0.25) is 10.1 Å². The molecule has 126 valence electrons. The third-order valence-corrected chi connectivity index (χ3v) is 4.57. The summed E-state index contributed by atoms with van der Waals surface area (Å²) in [5.74, 6) is 0.0842. The van der Waals surface area contributed by atoms with Crippen molar-refractivity contribution in [3.63, 3.8) is 0 Å². The summed E-state index contributed by atoms with van der Waals surface area (Å²) in [6.07, 6.45) is 3.38. The predicted octanol–water partition coefficient (Wildman–Crippen LogP) is 3.79. The molecule has 6 heteroatoms. The van der Waals surface area contributed by atoms with Crippen molar-refractivity contribution in [2.45, 2.75) is 46.1 Å². The fourth-order valence-electron chi connectivity index (χ4n) is 3.26. The van der Waals surface area contributed by atoms with E-state index in [4.69, 9.17) is 4.74 Å². The van der Waals surface area contributed by atoms with Gasteiger partial charge in [0.25, 0.3) is 5.69 Å². The number of ether oxygens (including phenoxy) is 1. The van der Waals surface area contributed by atoms with Crippen molar-refractivity contribution in [2.24, 2.45) is 5.92 Å². The van der Waals surface area contributed by atoms with Crippen molar-refractivity contribution in [3.05, 3.63) is 33.9 Å². The Labute approximate surface area is 136 Å². The van der Waals surface area contributed by atoms with Crippen molar-refractivity contribution >= 4 is 17.3 Å². The number of nitro groups is 1. The van der Waals surface area contributed by atoms with Crippen LogP contribution in [0.3, 0.4) is 0 Å². The van der Waals surface area contributed by atoms with Crippen molar-refractivity contribution in [1.82, 2.24) is 0 Å². The maximum absolute atomic E-state index is 12.0. The summed E-state index contributed by atoms with van der Waals surface area (Å²) < 4.78 is 4.96. The molecule has 1 fully saturated rings. The van der Waals surface area contributed by atoms with Gasteiger partial charge in [-0.25, -0.2) is 4.79 Å². The van der Waals surface area contributed by atoms with Gasteiger partial charge in [-0.15, -0.1) is 0 Å². The average Bonchev–Trinajstić information content (AvgIpc) is 2.54. The number of hydrogen-bond donors (Lipinski definition) is 0. The summed E-state index contributed by atoms with van der Waals surface area (Å²) in [5.41, 5.74) is 0.670. The Morgan fingerprint density at radius 2 is 2.17 bits per heavy atom. The second-order valence-corrected chi connectivity index (χ2v) is 6.02. The van der Waals surface area contributed by atoms with Gasteiger partial charge in [-0.2, -0.15) is 0 Å². The van der Waals surface area contributed by atoms with E-state index in [1.807, 2.05) is 0 Å². The predicted molar refractivity (Wildman–Crippen MR) is 88.9 cm³/mol. The van der Waals surface area contributed by atoms with E-state index in [9.17, 15) is 14.9 Å². The van der Waals surface area contributed by atoms with Crippen LogP contribution in [0.1, 0.15) is 50.4 Å². The van der Waals surface area contributed by atoms with Crippen LogP contribution >= 0.6 is 0 Å². The van der Waals surface area contributed by atoms with Crippen molar-refractivity contribution < 1.29 is 14.5 Å². The molecule has 6 nitrogen and oxygen atoms in total. The Hall–Kier alpha value is -2.11. The van der Waals surface area contributed by atoms with Crippen LogP contribution in [0.15, 0.2) is 18.2 Å². The fourth-order valence-corrected chi connectivity index (χ4v) is 3.26. The zero-order chi connectivity index (χ0) is 17.0. The van der Waals surface area contributed by atoms with Gasteiger partial charge in [0.1, 0.15) is 5.56 Å². The van der Waals surface area contributed by atoms with Gasteiger partial charge in [0.15, 0.2) is 0 Å². The Morgan fingerprint density at radius 1 is 1.43 bits per heavy atom. The second-order valence-electron chi connectivity index (χ2n) is 6.02. The number of nitrogens with zero attached hydrogens (tertiary/aromatic N) is 2. The van der Waals surface area contributed by atoms with E-state index >= 15 is 0 Å². The van der Waals surface area contributed by atoms with Crippen LogP contribution in [0.25, 0.3) is 0 Å². The zero-order valence-electron chi connectivity index (χ0n) is 13.9. The standard InChI is InChI=1S/C17H24N2O4/c1-4-13-8-9-18(12(3)10-13)14-6-7-16(19(21)22)15(11-14)17(20)23-5-2/h6-7,11-13H,4-5,8-10H2,1-3H3/t12-,13?/m0/s1. The summed E-state index contributed by atoms with van der Waals surface area (Å²) >= 11 is 0. The summed E-state index contributed by atoms with van der Waals surface area (Å²) in [6.45, 7) is 7.15. The maximum atomic E-state index is 12.0. The van der Waals surface area contributed by atoms with E-state index in [-0.39, 0.29) is 17.9 Å². The molecule has 1 unspecified atom stereocenters. The van der Waals surface area contributed by atoms with Gasteiger partial charge in [0.05, 0.1) is 11.5 Å². The first-order chi connectivity index (χ1) is 11.0. The number of nitro benzene ring substituents is 1. The number of anilines is 1. The first kappa shape index (κ1) is 17.2. The molecule has 0 radical (unpaired) electrons. The summed E-state index contributed by atoms with van der Waals surface area (Å²) in [5, 5.41) is 11.1. The second kappa shape index (κ2) is 7.44. The third kappa shape index (κ3) is 3.81. The molecule has 0 amide bonds. The van der Waals surface area contributed by atoms with Crippen LogP contribution in [-0.4, -0.2) is 30.1 Å². The molecule has 2 rings (SSSR count). The molecule has 1 aliphatic rings. The first-order valence-electron chi connectivity index (χ1n) is 8.20. The van der Waals surface area contributed by atoms with Gasteiger partial charge in [-0.05, 0) is 44.7 Å².